The third-order valence-electron chi connectivity index (χ3n) is 4.96. The van der Waals surface area contributed by atoms with Crippen LogP contribution in [0, 0.1) is 0 Å². The van der Waals surface area contributed by atoms with Crippen LogP contribution < -0.4 is 10.6 Å². The maximum atomic E-state index is 12.4. The van der Waals surface area contributed by atoms with Gasteiger partial charge in [-0.3, -0.25) is 14.4 Å². The summed E-state index contributed by atoms with van der Waals surface area (Å²) in [5.41, 5.74) is 0.794. The maximum Gasteiger partial charge on any atom is 0.289 e. The topological polar surface area (TPSA) is 91.7 Å². The van der Waals surface area contributed by atoms with Crippen LogP contribution in [-0.2, 0) is 9.59 Å². The molecule has 4 rings (SSSR count). The standard InChI is InChI=1S/C20H21N3O4S/c24-18(12-17-19(25)22-14-4-1-2-6-16(14)28-17)21-13-7-9-23(10-8-13)20(26)15-5-3-11-27-15/h1-6,11,13,17H,7-10,12H2,(H,21,24)(H,22,25)/t17-/m1/s1. The number of para-hydroxylation sites is 1. The minimum atomic E-state index is -0.435. The Morgan fingerprint density at radius 1 is 1.18 bits per heavy atom. The average Bonchev–Trinajstić information content (AvgIpc) is 3.23. The minimum Gasteiger partial charge on any atom is -0.459 e. The Hall–Kier alpha value is -2.74. The molecule has 0 bridgehead atoms. The maximum absolute atomic E-state index is 12.4. The van der Waals surface area contributed by atoms with E-state index in [1.807, 2.05) is 24.3 Å². The van der Waals surface area contributed by atoms with Crippen molar-refractivity contribution >= 4 is 35.2 Å². The van der Waals surface area contributed by atoms with Gasteiger partial charge in [-0.25, -0.2) is 0 Å². The summed E-state index contributed by atoms with van der Waals surface area (Å²) in [6.45, 7) is 1.13. The molecule has 146 valence electrons. The van der Waals surface area contributed by atoms with Crippen molar-refractivity contribution in [3.63, 3.8) is 0 Å². The molecule has 2 N–H and O–H groups in total. The monoisotopic (exact) mass is 399 g/mol. The lowest BCUT2D eigenvalue weighted by molar-refractivity contribution is -0.124. The van der Waals surface area contributed by atoms with Gasteiger partial charge in [-0.1, -0.05) is 12.1 Å². The molecule has 8 heteroatoms. The van der Waals surface area contributed by atoms with E-state index in [-0.39, 0.29) is 30.2 Å². The van der Waals surface area contributed by atoms with Gasteiger partial charge in [0.25, 0.3) is 5.91 Å². The number of thioether (sulfide) groups is 1. The fourth-order valence-corrected chi connectivity index (χ4v) is 4.58. The molecule has 2 aliphatic heterocycles. The molecule has 7 nitrogen and oxygen atoms in total. The largest absolute Gasteiger partial charge is 0.459 e. The highest BCUT2D eigenvalue weighted by atomic mass is 32.2. The number of hydrogen-bond acceptors (Lipinski definition) is 5. The number of nitrogens with zero attached hydrogens (tertiary/aromatic N) is 1. The second kappa shape index (κ2) is 8.10. The van der Waals surface area contributed by atoms with E-state index in [1.54, 1.807) is 17.0 Å². The second-order valence-electron chi connectivity index (χ2n) is 6.91. The number of piperidine rings is 1. The molecule has 2 aromatic rings. The highest BCUT2D eigenvalue weighted by Crippen LogP contribution is 2.36. The lowest BCUT2D eigenvalue weighted by Gasteiger charge is -2.32. The number of carbonyl (C=O) groups is 3. The van der Waals surface area contributed by atoms with E-state index < -0.39 is 5.25 Å². The fourth-order valence-electron chi connectivity index (χ4n) is 3.47. The Labute approximate surface area is 166 Å². The minimum absolute atomic E-state index is 0.0112. The smallest absolute Gasteiger partial charge is 0.289 e. The normalized spacial score (nSPS) is 19.6. The number of hydrogen-bond donors (Lipinski definition) is 2. The highest BCUT2D eigenvalue weighted by Gasteiger charge is 2.30. The molecule has 0 aliphatic carbocycles. The molecular weight excluding hydrogens is 378 g/mol. The first-order chi connectivity index (χ1) is 13.6. The van der Waals surface area contributed by atoms with Crippen molar-refractivity contribution in [2.24, 2.45) is 0 Å². The number of rotatable bonds is 4. The van der Waals surface area contributed by atoms with E-state index in [1.165, 1.54) is 18.0 Å². The summed E-state index contributed by atoms with van der Waals surface area (Å²) in [6, 6.07) is 10.9. The van der Waals surface area contributed by atoms with E-state index >= 15 is 0 Å². The lowest BCUT2D eigenvalue weighted by Crippen LogP contribution is -2.47. The van der Waals surface area contributed by atoms with Crippen molar-refractivity contribution < 1.29 is 18.8 Å². The van der Waals surface area contributed by atoms with Gasteiger partial charge < -0.3 is 20.0 Å². The Bertz CT molecular complexity index is 875. The van der Waals surface area contributed by atoms with Crippen LogP contribution in [0.25, 0.3) is 0 Å². The van der Waals surface area contributed by atoms with Crippen LogP contribution in [-0.4, -0.2) is 47.0 Å². The quantitative estimate of drug-likeness (QED) is 0.824. The molecule has 0 spiro atoms. The second-order valence-corrected chi connectivity index (χ2v) is 8.15. The van der Waals surface area contributed by atoms with Crippen LogP contribution >= 0.6 is 11.8 Å². The Morgan fingerprint density at radius 3 is 2.71 bits per heavy atom. The van der Waals surface area contributed by atoms with E-state index in [0.717, 1.165) is 10.6 Å². The van der Waals surface area contributed by atoms with E-state index in [9.17, 15) is 14.4 Å². The molecule has 0 radical (unpaired) electrons. The molecule has 1 fully saturated rings. The molecule has 1 atom stereocenters. The lowest BCUT2D eigenvalue weighted by atomic mass is 10.0. The van der Waals surface area contributed by atoms with Gasteiger partial charge >= 0.3 is 0 Å². The predicted octanol–water partition coefficient (Wildman–Crippen LogP) is 2.50. The van der Waals surface area contributed by atoms with E-state index in [4.69, 9.17) is 4.42 Å². The van der Waals surface area contributed by atoms with Gasteiger partial charge in [0, 0.05) is 30.4 Å². The van der Waals surface area contributed by atoms with Gasteiger partial charge in [-0.05, 0) is 37.1 Å². The molecule has 0 saturated carbocycles. The summed E-state index contributed by atoms with van der Waals surface area (Å²) in [5, 5.41) is 5.43. The van der Waals surface area contributed by atoms with Gasteiger partial charge in [0.15, 0.2) is 5.76 Å². The number of nitrogens with one attached hydrogen (secondary N) is 2. The first-order valence-corrected chi connectivity index (χ1v) is 10.2. The third-order valence-corrected chi connectivity index (χ3v) is 6.23. The number of benzene rings is 1. The molecule has 0 unspecified atom stereocenters. The molecule has 28 heavy (non-hydrogen) atoms. The number of anilines is 1. The third kappa shape index (κ3) is 4.06. The summed E-state index contributed by atoms with van der Waals surface area (Å²) in [7, 11) is 0. The van der Waals surface area contributed by atoms with Crippen molar-refractivity contribution in [2.75, 3.05) is 18.4 Å². The number of amides is 3. The van der Waals surface area contributed by atoms with Gasteiger partial charge in [-0.2, -0.15) is 0 Å². The zero-order valence-corrected chi connectivity index (χ0v) is 16.0. The summed E-state index contributed by atoms with van der Waals surface area (Å²) >= 11 is 1.42. The molecule has 1 saturated heterocycles. The molecule has 3 amide bonds. The molecule has 1 aromatic heterocycles. The highest BCUT2D eigenvalue weighted by molar-refractivity contribution is 8.01. The zero-order valence-electron chi connectivity index (χ0n) is 15.2. The summed E-state index contributed by atoms with van der Waals surface area (Å²) < 4.78 is 5.16. The SMILES string of the molecule is O=C(C[C@H]1Sc2ccccc2NC1=O)NC1CCN(C(=O)c2ccco2)CC1. The summed E-state index contributed by atoms with van der Waals surface area (Å²) in [5.74, 6) is -0.0626. The Balaban J connectivity index is 1.26. The summed E-state index contributed by atoms with van der Waals surface area (Å²) in [6.07, 6.45) is 2.99. The van der Waals surface area contributed by atoms with Crippen LogP contribution in [0.3, 0.4) is 0 Å². The van der Waals surface area contributed by atoms with Crippen molar-refractivity contribution in [3.8, 4) is 0 Å². The van der Waals surface area contributed by atoms with Crippen molar-refractivity contribution in [3.05, 3.63) is 48.4 Å². The van der Waals surface area contributed by atoms with Crippen molar-refractivity contribution in [2.45, 2.75) is 35.4 Å². The van der Waals surface area contributed by atoms with Gasteiger partial charge in [0.05, 0.1) is 17.2 Å². The van der Waals surface area contributed by atoms with Crippen LogP contribution in [0.5, 0.6) is 0 Å². The Kier molecular flexibility index (Phi) is 5.38. The van der Waals surface area contributed by atoms with Crippen molar-refractivity contribution in [1.82, 2.24) is 10.2 Å². The first-order valence-electron chi connectivity index (χ1n) is 9.29. The van der Waals surface area contributed by atoms with Crippen molar-refractivity contribution in [1.29, 1.82) is 0 Å². The van der Waals surface area contributed by atoms with E-state index in [2.05, 4.69) is 10.6 Å². The van der Waals surface area contributed by atoms with Gasteiger partial charge in [0.1, 0.15) is 0 Å². The average molecular weight is 399 g/mol. The molecule has 1 aromatic carbocycles. The van der Waals surface area contributed by atoms with Gasteiger partial charge in [0.2, 0.25) is 11.8 Å². The number of fused-ring (bicyclic) bond motifs is 1. The van der Waals surface area contributed by atoms with E-state index in [0.29, 0.717) is 31.7 Å². The Morgan fingerprint density at radius 2 is 1.96 bits per heavy atom. The van der Waals surface area contributed by atoms with Crippen LogP contribution in [0.1, 0.15) is 29.8 Å². The predicted molar refractivity (Wildman–Crippen MR) is 105 cm³/mol. The fraction of sp³-hybridized carbons (Fsp3) is 0.350. The number of carbonyl (C=O) groups excluding carboxylic acids is 3. The van der Waals surface area contributed by atoms with Crippen LogP contribution in [0.2, 0.25) is 0 Å². The van der Waals surface area contributed by atoms with Crippen LogP contribution in [0.4, 0.5) is 5.69 Å². The number of likely N-dealkylation sites (tertiary alicyclic amines) is 1. The molecular formula is C20H21N3O4S. The molecule has 3 heterocycles. The summed E-state index contributed by atoms with van der Waals surface area (Å²) in [4.78, 5) is 39.7. The molecule has 2 aliphatic rings. The number of furan rings is 1. The zero-order chi connectivity index (χ0) is 19.5. The first kappa shape index (κ1) is 18.6. The van der Waals surface area contributed by atoms with Gasteiger partial charge in [-0.15, -0.1) is 11.8 Å². The van der Waals surface area contributed by atoms with Crippen LogP contribution in [0.15, 0.2) is 52.0 Å².